The second kappa shape index (κ2) is 6.60. The fourth-order valence-electron chi connectivity index (χ4n) is 3.53. The number of ether oxygens (including phenoxy) is 1. The number of amides is 2. The van der Waals surface area contributed by atoms with Gasteiger partial charge in [0.25, 0.3) is 0 Å². The Morgan fingerprint density at radius 1 is 1.22 bits per heavy atom. The standard InChI is InChI=1S/C18H24N2O3/c1-13-4-3-9-19(11-13)18(22)14-10-17(21)20(12-14)15-5-7-16(23-2)8-6-15/h5-8,13-14H,3-4,9-12H2,1-2H3/t13-,14-/m1/s1. The van der Waals surface area contributed by atoms with E-state index >= 15 is 0 Å². The lowest BCUT2D eigenvalue weighted by atomic mass is 9.98. The summed E-state index contributed by atoms with van der Waals surface area (Å²) in [4.78, 5) is 28.7. The summed E-state index contributed by atoms with van der Waals surface area (Å²) in [5.74, 6) is 1.27. The van der Waals surface area contributed by atoms with Gasteiger partial charge in [0.05, 0.1) is 13.0 Å². The van der Waals surface area contributed by atoms with Crippen LogP contribution < -0.4 is 9.64 Å². The molecule has 0 saturated carbocycles. The summed E-state index contributed by atoms with van der Waals surface area (Å²) < 4.78 is 5.14. The Bertz CT molecular complexity index is 584. The van der Waals surface area contributed by atoms with Crippen LogP contribution in [0.4, 0.5) is 5.69 Å². The van der Waals surface area contributed by atoms with E-state index in [0.29, 0.717) is 18.9 Å². The van der Waals surface area contributed by atoms with Crippen LogP contribution in [0.5, 0.6) is 5.75 Å². The number of nitrogens with zero attached hydrogens (tertiary/aromatic N) is 2. The Morgan fingerprint density at radius 2 is 1.96 bits per heavy atom. The van der Waals surface area contributed by atoms with Crippen LogP contribution in [-0.2, 0) is 9.59 Å². The van der Waals surface area contributed by atoms with Crippen molar-refractivity contribution in [3.8, 4) is 5.75 Å². The van der Waals surface area contributed by atoms with E-state index in [1.54, 1.807) is 12.0 Å². The number of carbonyl (C=O) groups excluding carboxylic acids is 2. The zero-order valence-electron chi connectivity index (χ0n) is 13.8. The van der Waals surface area contributed by atoms with Crippen molar-refractivity contribution in [2.45, 2.75) is 26.2 Å². The van der Waals surface area contributed by atoms with Crippen molar-refractivity contribution in [3.05, 3.63) is 24.3 Å². The van der Waals surface area contributed by atoms with E-state index in [4.69, 9.17) is 4.74 Å². The van der Waals surface area contributed by atoms with E-state index in [-0.39, 0.29) is 17.7 Å². The molecule has 2 saturated heterocycles. The molecule has 2 atom stereocenters. The molecule has 2 amide bonds. The van der Waals surface area contributed by atoms with E-state index in [1.165, 1.54) is 6.42 Å². The van der Waals surface area contributed by atoms with Gasteiger partial charge in [-0.1, -0.05) is 6.92 Å². The zero-order chi connectivity index (χ0) is 16.4. The Balaban J connectivity index is 1.67. The Morgan fingerprint density at radius 3 is 2.61 bits per heavy atom. The number of hydrogen-bond donors (Lipinski definition) is 0. The molecule has 0 spiro atoms. The molecule has 2 aliphatic heterocycles. The average Bonchev–Trinajstić information content (AvgIpc) is 2.96. The average molecular weight is 316 g/mol. The molecule has 5 heteroatoms. The van der Waals surface area contributed by atoms with Gasteiger partial charge in [-0.15, -0.1) is 0 Å². The van der Waals surface area contributed by atoms with Crippen molar-refractivity contribution in [2.24, 2.45) is 11.8 Å². The molecule has 1 aromatic rings. The number of methoxy groups -OCH3 is 1. The largest absolute Gasteiger partial charge is 0.497 e. The fourth-order valence-corrected chi connectivity index (χ4v) is 3.53. The van der Waals surface area contributed by atoms with Crippen molar-refractivity contribution >= 4 is 17.5 Å². The van der Waals surface area contributed by atoms with Gasteiger partial charge in [-0.05, 0) is 43.0 Å². The maximum absolute atomic E-state index is 12.7. The first-order valence-electron chi connectivity index (χ1n) is 8.31. The minimum Gasteiger partial charge on any atom is -0.497 e. The molecular formula is C18H24N2O3. The number of likely N-dealkylation sites (tertiary alicyclic amines) is 1. The summed E-state index contributed by atoms with van der Waals surface area (Å²) in [5, 5.41) is 0. The summed E-state index contributed by atoms with van der Waals surface area (Å²) in [7, 11) is 1.62. The third-order valence-corrected chi connectivity index (χ3v) is 4.83. The van der Waals surface area contributed by atoms with Crippen LogP contribution in [-0.4, -0.2) is 43.5 Å². The summed E-state index contributed by atoms with van der Waals surface area (Å²) in [6.45, 7) is 4.32. The van der Waals surface area contributed by atoms with E-state index in [9.17, 15) is 9.59 Å². The highest BCUT2D eigenvalue weighted by atomic mass is 16.5. The van der Waals surface area contributed by atoms with Gasteiger partial charge in [-0.25, -0.2) is 0 Å². The number of benzene rings is 1. The summed E-state index contributed by atoms with van der Waals surface area (Å²) >= 11 is 0. The lowest BCUT2D eigenvalue weighted by Crippen LogP contribution is -2.43. The quantitative estimate of drug-likeness (QED) is 0.860. The summed E-state index contributed by atoms with van der Waals surface area (Å²) in [5.41, 5.74) is 0.832. The van der Waals surface area contributed by atoms with E-state index in [2.05, 4.69) is 6.92 Å². The van der Waals surface area contributed by atoms with E-state index in [1.807, 2.05) is 29.2 Å². The minimum atomic E-state index is -0.213. The molecule has 1 aromatic carbocycles. The Labute approximate surface area is 137 Å². The molecule has 0 radical (unpaired) electrons. The predicted molar refractivity (Wildman–Crippen MR) is 88.4 cm³/mol. The van der Waals surface area contributed by atoms with Crippen molar-refractivity contribution in [1.29, 1.82) is 0 Å². The lowest BCUT2D eigenvalue weighted by Gasteiger charge is -2.32. The van der Waals surface area contributed by atoms with Gasteiger partial charge >= 0.3 is 0 Å². The first kappa shape index (κ1) is 15.8. The van der Waals surface area contributed by atoms with Crippen LogP contribution >= 0.6 is 0 Å². The minimum absolute atomic E-state index is 0.0265. The van der Waals surface area contributed by atoms with Gasteiger partial charge in [0.1, 0.15) is 5.75 Å². The number of rotatable bonds is 3. The highest BCUT2D eigenvalue weighted by Gasteiger charge is 2.37. The SMILES string of the molecule is COc1ccc(N2C[C@H](C(=O)N3CCC[C@@H](C)C3)CC2=O)cc1. The molecule has 23 heavy (non-hydrogen) atoms. The molecular weight excluding hydrogens is 292 g/mol. The van der Waals surface area contributed by atoms with Crippen LogP contribution in [0.15, 0.2) is 24.3 Å². The van der Waals surface area contributed by atoms with E-state index in [0.717, 1.165) is 30.9 Å². The van der Waals surface area contributed by atoms with Gasteiger partial charge in [0, 0.05) is 31.7 Å². The number of carbonyl (C=O) groups is 2. The molecule has 2 aliphatic rings. The maximum Gasteiger partial charge on any atom is 0.228 e. The molecule has 124 valence electrons. The van der Waals surface area contributed by atoms with Gasteiger partial charge in [-0.3, -0.25) is 9.59 Å². The van der Waals surface area contributed by atoms with Crippen molar-refractivity contribution in [2.75, 3.05) is 31.6 Å². The molecule has 2 fully saturated rings. The molecule has 0 unspecified atom stereocenters. The highest BCUT2D eigenvalue weighted by Crippen LogP contribution is 2.29. The van der Waals surface area contributed by atoms with Crippen molar-refractivity contribution in [3.63, 3.8) is 0 Å². The third-order valence-electron chi connectivity index (χ3n) is 4.83. The van der Waals surface area contributed by atoms with E-state index < -0.39 is 0 Å². The van der Waals surface area contributed by atoms with Crippen molar-refractivity contribution in [1.82, 2.24) is 4.90 Å². The third kappa shape index (κ3) is 3.33. The first-order valence-corrected chi connectivity index (χ1v) is 8.31. The Hall–Kier alpha value is -2.04. The van der Waals surface area contributed by atoms with Gasteiger partial charge < -0.3 is 14.5 Å². The molecule has 3 rings (SSSR count). The Kier molecular flexibility index (Phi) is 4.55. The number of piperidine rings is 1. The molecule has 2 heterocycles. The molecule has 0 aliphatic carbocycles. The lowest BCUT2D eigenvalue weighted by molar-refractivity contribution is -0.137. The molecule has 0 aromatic heterocycles. The fraction of sp³-hybridized carbons (Fsp3) is 0.556. The second-order valence-corrected chi connectivity index (χ2v) is 6.64. The van der Waals surface area contributed by atoms with Crippen LogP contribution in [0.2, 0.25) is 0 Å². The zero-order valence-corrected chi connectivity index (χ0v) is 13.8. The summed E-state index contributed by atoms with van der Waals surface area (Å²) in [6.07, 6.45) is 2.57. The smallest absolute Gasteiger partial charge is 0.228 e. The maximum atomic E-state index is 12.7. The van der Waals surface area contributed by atoms with Gasteiger partial charge in [0.2, 0.25) is 11.8 Å². The second-order valence-electron chi connectivity index (χ2n) is 6.64. The van der Waals surface area contributed by atoms with Crippen molar-refractivity contribution < 1.29 is 14.3 Å². The van der Waals surface area contributed by atoms with Gasteiger partial charge in [-0.2, -0.15) is 0 Å². The first-order chi connectivity index (χ1) is 11.1. The number of hydrogen-bond acceptors (Lipinski definition) is 3. The normalized spacial score (nSPS) is 24.9. The number of anilines is 1. The van der Waals surface area contributed by atoms with Crippen LogP contribution in [0.1, 0.15) is 26.2 Å². The van der Waals surface area contributed by atoms with Crippen LogP contribution in [0.25, 0.3) is 0 Å². The summed E-state index contributed by atoms with van der Waals surface area (Å²) in [6, 6.07) is 7.41. The highest BCUT2D eigenvalue weighted by molar-refractivity contribution is 6.00. The predicted octanol–water partition coefficient (Wildman–Crippen LogP) is 2.31. The topological polar surface area (TPSA) is 49.9 Å². The van der Waals surface area contributed by atoms with Gasteiger partial charge in [0.15, 0.2) is 0 Å². The monoisotopic (exact) mass is 316 g/mol. The van der Waals surface area contributed by atoms with Crippen LogP contribution in [0, 0.1) is 11.8 Å². The molecule has 0 N–H and O–H groups in total. The van der Waals surface area contributed by atoms with Crippen LogP contribution in [0.3, 0.4) is 0 Å². The molecule has 5 nitrogen and oxygen atoms in total. The molecule has 0 bridgehead atoms.